The smallest absolute Gasteiger partial charge is 0.220 e. The monoisotopic (exact) mass is 274 g/mol. The van der Waals surface area contributed by atoms with Crippen LogP contribution in [-0.2, 0) is 14.6 Å². The van der Waals surface area contributed by atoms with Crippen LogP contribution >= 0.6 is 0 Å². The van der Waals surface area contributed by atoms with E-state index in [0.29, 0.717) is 12.8 Å². The number of likely N-dealkylation sites (N-methyl/N-ethyl adjacent to an activating group) is 1. The van der Waals surface area contributed by atoms with E-state index in [1.54, 1.807) is 0 Å². The van der Waals surface area contributed by atoms with Gasteiger partial charge in [0.2, 0.25) is 5.91 Å². The molecule has 0 radical (unpaired) electrons. The second-order valence-electron chi connectivity index (χ2n) is 5.64. The number of nitrogens with one attached hydrogen (secondary N) is 1. The lowest BCUT2D eigenvalue weighted by molar-refractivity contribution is -0.122. The Kier molecular flexibility index (Phi) is 4.27. The van der Waals surface area contributed by atoms with Crippen LogP contribution in [0.25, 0.3) is 0 Å². The van der Waals surface area contributed by atoms with Crippen molar-refractivity contribution in [2.45, 2.75) is 31.7 Å². The van der Waals surface area contributed by atoms with Crippen molar-refractivity contribution in [2.75, 3.05) is 31.6 Å². The molecule has 2 rings (SSSR count). The maximum absolute atomic E-state index is 11.9. The normalized spacial score (nSPS) is 32.3. The molecule has 2 saturated heterocycles. The van der Waals surface area contributed by atoms with E-state index in [-0.39, 0.29) is 29.4 Å². The van der Waals surface area contributed by atoms with Crippen molar-refractivity contribution in [3.63, 3.8) is 0 Å². The molecule has 0 aromatic carbocycles. The minimum absolute atomic E-state index is 0.0115. The van der Waals surface area contributed by atoms with Crippen molar-refractivity contribution in [1.29, 1.82) is 0 Å². The van der Waals surface area contributed by atoms with Gasteiger partial charge in [0.1, 0.15) is 0 Å². The van der Waals surface area contributed by atoms with E-state index in [0.717, 1.165) is 25.9 Å². The van der Waals surface area contributed by atoms with Gasteiger partial charge >= 0.3 is 0 Å². The molecule has 6 heteroatoms. The van der Waals surface area contributed by atoms with E-state index in [1.165, 1.54) is 0 Å². The zero-order chi connectivity index (χ0) is 13.2. The van der Waals surface area contributed by atoms with Crippen molar-refractivity contribution in [1.82, 2.24) is 10.2 Å². The van der Waals surface area contributed by atoms with Crippen LogP contribution < -0.4 is 5.32 Å². The standard InChI is InChI=1S/C12H22N2O3S/c1-14-5-2-3-11(8-14)13-12(15)7-10-4-6-18(16,17)9-10/h10-11H,2-9H2,1H3,(H,13,15). The van der Waals surface area contributed by atoms with Crippen LogP contribution in [0, 0.1) is 5.92 Å². The van der Waals surface area contributed by atoms with Crippen LogP contribution in [0.15, 0.2) is 0 Å². The minimum Gasteiger partial charge on any atom is -0.352 e. The molecule has 2 aliphatic rings. The lowest BCUT2D eigenvalue weighted by Gasteiger charge is -2.30. The Hall–Kier alpha value is -0.620. The van der Waals surface area contributed by atoms with Crippen LogP contribution in [0.3, 0.4) is 0 Å². The molecule has 2 unspecified atom stereocenters. The number of carbonyl (C=O) groups excluding carboxylic acids is 1. The lowest BCUT2D eigenvalue weighted by Crippen LogP contribution is -2.46. The molecule has 0 spiro atoms. The van der Waals surface area contributed by atoms with E-state index in [1.807, 2.05) is 0 Å². The van der Waals surface area contributed by atoms with Gasteiger partial charge in [0, 0.05) is 19.0 Å². The summed E-state index contributed by atoms with van der Waals surface area (Å²) in [5, 5.41) is 3.03. The summed E-state index contributed by atoms with van der Waals surface area (Å²) in [6, 6.07) is 0.231. The van der Waals surface area contributed by atoms with E-state index in [2.05, 4.69) is 17.3 Å². The number of likely N-dealkylation sites (tertiary alicyclic amines) is 1. The van der Waals surface area contributed by atoms with Crippen molar-refractivity contribution in [3.8, 4) is 0 Å². The zero-order valence-corrected chi connectivity index (χ0v) is 11.7. The predicted octanol–water partition coefficient (Wildman–Crippen LogP) is 0.0216. The second kappa shape index (κ2) is 5.57. The van der Waals surface area contributed by atoms with Gasteiger partial charge in [-0.3, -0.25) is 4.79 Å². The zero-order valence-electron chi connectivity index (χ0n) is 10.9. The fourth-order valence-electron chi connectivity index (χ4n) is 2.87. The first-order valence-corrected chi connectivity index (χ1v) is 8.45. The molecule has 0 aliphatic carbocycles. The first kappa shape index (κ1) is 13.8. The van der Waals surface area contributed by atoms with Crippen LogP contribution in [0.4, 0.5) is 0 Å². The highest BCUT2D eigenvalue weighted by atomic mass is 32.2. The van der Waals surface area contributed by atoms with Gasteiger partial charge in [0.15, 0.2) is 9.84 Å². The summed E-state index contributed by atoms with van der Waals surface area (Å²) in [5.41, 5.74) is 0. The average molecular weight is 274 g/mol. The summed E-state index contributed by atoms with van der Waals surface area (Å²) < 4.78 is 22.6. The molecule has 1 amide bonds. The number of hydrogen-bond donors (Lipinski definition) is 1. The van der Waals surface area contributed by atoms with Gasteiger partial charge in [-0.25, -0.2) is 8.42 Å². The highest BCUT2D eigenvalue weighted by Crippen LogP contribution is 2.21. The van der Waals surface area contributed by atoms with Gasteiger partial charge < -0.3 is 10.2 Å². The highest BCUT2D eigenvalue weighted by Gasteiger charge is 2.30. The molecule has 1 N–H and O–H groups in total. The van der Waals surface area contributed by atoms with Crippen molar-refractivity contribution >= 4 is 15.7 Å². The number of rotatable bonds is 3. The number of piperidine rings is 1. The third kappa shape index (κ3) is 3.95. The van der Waals surface area contributed by atoms with Gasteiger partial charge in [-0.1, -0.05) is 0 Å². The number of nitrogens with zero attached hydrogens (tertiary/aromatic N) is 1. The highest BCUT2D eigenvalue weighted by molar-refractivity contribution is 7.91. The summed E-state index contributed by atoms with van der Waals surface area (Å²) >= 11 is 0. The van der Waals surface area contributed by atoms with E-state index >= 15 is 0 Å². The molecule has 104 valence electrons. The largest absolute Gasteiger partial charge is 0.352 e. The van der Waals surface area contributed by atoms with Crippen molar-refractivity contribution < 1.29 is 13.2 Å². The Morgan fingerprint density at radius 1 is 1.39 bits per heavy atom. The van der Waals surface area contributed by atoms with Crippen molar-refractivity contribution in [3.05, 3.63) is 0 Å². The molecular formula is C12H22N2O3S. The maximum Gasteiger partial charge on any atom is 0.220 e. The maximum atomic E-state index is 11.9. The van der Waals surface area contributed by atoms with Gasteiger partial charge in [0.05, 0.1) is 11.5 Å². The molecule has 2 heterocycles. The fourth-order valence-corrected chi connectivity index (χ4v) is 4.73. The Bertz CT molecular complexity index is 408. The summed E-state index contributed by atoms with van der Waals surface area (Å²) in [7, 11) is -0.814. The molecule has 2 atom stereocenters. The van der Waals surface area contributed by atoms with E-state index < -0.39 is 9.84 Å². The van der Waals surface area contributed by atoms with E-state index in [4.69, 9.17) is 0 Å². The minimum atomic E-state index is -2.87. The molecule has 0 bridgehead atoms. The first-order valence-electron chi connectivity index (χ1n) is 6.63. The number of hydrogen-bond acceptors (Lipinski definition) is 4. The third-order valence-corrected chi connectivity index (χ3v) is 5.63. The van der Waals surface area contributed by atoms with Crippen LogP contribution in [0.1, 0.15) is 25.7 Å². The first-order chi connectivity index (χ1) is 8.44. The Balaban J connectivity index is 1.75. The number of amides is 1. The van der Waals surface area contributed by atoms with E-state index in [9.17, 15) is 13.2 Å². The molecular weight excluding hydrogens is 252 g/mol. The number of sulfone groups is 1. The quantitative estimate of drug-likeness (QED) is 0.788. The SMILES string of the molecule is CN1CCCC(NC(=O)CC2CCS(=O)(=O)C2)C1. The van der Waals surface area contributed by atoms with Gasteiger partial charge in [-0.05, 0) is 38.8 Å². The molecule has 0 aromatic heterocycles. The Morgan fingerprint density at radius 3 is 2.78 bits per heavy atom. The Morgan fingerprint density at radius 2 is 2.17 bits per heavy atom. The summed E-state index contributed by atoms with van der Waals surface area (Å²) in [6.07, 6.45) is 3.14. The van der Waals surface area contributed by atoms with Gasteiger partial charge in [0.25, 0.3) is 0 Å². The fraction of sp³-hybridized carbons (Fsp3) is 0.917. The molecule has 2 aliphatic heterocycles. The van der Waals surface area contributed by atoms with Gasteiger partial charge in [-0.15, -0.1) is 0 Å². The molecule has 0 aromatic rings. The second-order valence-corrected chi connectivity index (χ2v) is 7.87. The topological polar surface area (TPSA) is 66.5 Å². The van der Waals surface area contributed by atoms with Crippen LogP contribution in [-0.4, -0.2) is 56.9 Å². The lowest BCUT2D eigenvalue weighted by atomic mass is 10.0. The molecule has 5 nitrogen and oxygen atoms in total. The Labute approximate surface area is 109 Å². The molecule has 18 heavy (non-hydrogen) atoms. The average Bonchev–Trinajstić information content (AvgIpc) is 2.57. The van der Waals surface area contributed by atoms with Crippen LogP contribution in [0.5, 0.6) is 0 Å². The summed E-state index contributed by atoms with van der Waals surface area (Å²) in [4.78, 5) is 14.1. The summed E-state index contributed by atoms with van der Waals surface area (Å²) in [5.74, 6) is 0.468. The number of carbonyl (C=O) groups is 1. The van der Waals surface area contributed by atoms with Crippen LogP contribution in [0.2, 0.25) is 0 Å². The summed E-state index contributed by atoms with van der Waals surface area (Å²) in [6.45, 7) is 1.99. The van der Waals surface area contributed by atoms with Gasteiger partial charge in [-0.2, -0.15) is 0 Å². The third-order valence-electron chi connectivity index (χ3n) is 3.79. The van der Waals surface area contributed by atoms with Crippen molar-refractivity contribution in [2.24, 2.45) is 5.92 Å². The molecule has 0 saturated carbocycles. The predicted molar refractivity (Wildman–Crippen MR) is 70.0 cm³/mol. The molecule has 2 fully saturated rings.